The van der Waals surface area contributed by atoms with Crippen LogP contribution in [0.2, 0.25) is 0 Å². The Bertz CT molecular complexity index is 315. The van der Waals surface area contributed by atoms with Gasteiger partial charge in [0.2, 0.25) is 0 Å². The molecule has 1 aromatic rings. The zero-order valence-corrected chi connectivity index (χ0v) is 9.91. The van der Waals surface area contributed by atoms with Crippen LogP contribution >= 0.6 is 0 Å². The van der Waals surface area contributed by atoms with Crippen molar-refractivity contribution in [1.29, 1.82) is 0 Å². The summed E-state index contributed by atoms with van der Waals surface area (Å²) < 4.78 is 12.9. The van der Waals surface area contributed by atoms with Crippen molar-refractivity contribution in [3.8, 4) is 0 Å². The Morgan fingerprint density at radius 3 is 2.69 bits per heavy atom. The lowest BCUT2D eigenvalue weighted by Gasteiger charge is -2.18. The summed E-state index contributed by atoms with van der Waals surface area (Å²) in [5, 5.41) is 12.4. The number of nitrogens with one attached hydrogen (secondary N) is 1. The van der Waals surface area contributed by atoms with Gasteiger partial charge in [0.15, 0.2) is 0 Å². The maximum absolute atomic E-state index is 12.9. The van der Waals surface area contributed by atoms with E-state index in [1.165, 1.54) is 12.1 Å². The van der Waals surface area contributed by atoms with E-state index in [4.69, 9.17) is 0 Å². The van der Waals surface area contributed by atoms with E-state index >= 15 is 0 Å². The average molecular weight is 225 g/mol. The van der Waals surface area contributed by atoms with E-state index in [0.29, 0.717) is 12.5 Å². The summed E-state index contributed by atoms with van der Waals surface area (Å²) in [6.07, 6.45) is 0.922. The van der Waals surface area contributed by atoms with Crippen LogP contribution in [0.3, 0.4) is 0 Å². The zero-order chi connectivity index (χ0) is 12.0. The van der Waals surface area contributed by atoms with Crippen molar-refractivity contribution in [2.24, 2.45) is 5.92 Å². The number of benzene rings is 1. The third kappa shape index (κ3) is 4.73. The third-order valence-electron chi connectivity index (χ3n) is 2.46. The second-order valence-corrected chi connectivity index (χ2v) is 4.52. The van der Waals surface area contributed by atoms with Crippen molar-refractivity contribution < 1.29 is 9.50 Å². The number of halogens is 1. The van der Waals surface area contributed by atoms with Gasteiger partial charge in [-0.3, -0.25) is 0 Å². The van der Waals surface area contributed by atoms with Crippen LogP contribution in [0.5, 0.6) is 0 Å². The summed E-state index contributed by atoms with van der Waals surface area (Å²) in [7, 11) is 0. The third-order valence-corrected chi connectivity index (χ3v) is 2.46. The summed E-state index contributed by atoms with van der Waals surface area (Å²) in [5.41, 5.74) is 0.905. The Morgan fingerprint density at radius 2 is 2.12 bits per heavy atom. The number of hydrogen-bond acceptors (Lipinski definition) is 2. The van der Waals surface area contributed by atoms with Crippen LogP contribution in [0.25, 0.3) is 0 Å². The lowest BCUT2D eigenvalue weighted by Crippen LogP contribution is -2.33. The highest BCUT2D eigenvalue weighted by molar-refractivity contribution is 5.16. The maximum atomic E-state index is 12.9. The van der Waals surface area contributed by atoms with Crippen molar-refractivity contribution in [2.45, 2.75) is 32.9 Å². The van der Waals surface area contributed by atoms with Gasteiger partial charge in [0.25, 0.3) is 0 Å². The molecule has 0 aliphatic rings. The van der Waals surface area contributed by atoms with Gasteiger partial charge < -0.3 is 10.4 Å². The number of rotatable bonds is 6. The Hall–Kier alpha value is -0.930. The second kappa shape index (κ2) is 6.61. The quantitative estimate of drug-likeness (QED) is 0.778. The fourth-order valence-corrected chi connectivity index (χ4v) is 1.70. The molecule has 0 aromatic heterocycles. The number of aliphatic hydroxyl groups is 1. The molecule has 0 fully saturated rings. The lowest BCUT2D eigenvalue weighted by atomic mass is 10.0. The molecule has 0 heterocycles. The molecule has 0 saturated carbocycles. The van der Waals surface area contributed by atoms with E-state index in [1.807, 2.05) is 6.07 Å². The van der Waals surface area contributed by atoms with Crippen LogP contribution in [-0.2, 0) is 6.54 Å². The van der Waals surface area contributed by atoms with Crippen molar-refractivity contribution in [3.05, 3.63) is 35.6 Å². The van der Waals surface area contributed by atoms with E-state index in [9.17, 15) is 9.50 Å². The van der Waals surface area contributed by atoms with Crippen molar-refractivity contribution in [3.63, 3.8) is 0 Å². The fourth-order valence-electron chi connectivity index (χ4n) is 1.70. The minimum absolute atomic E-state index is 0.0864. The normalized spacial score (nSPS) is 13.1. The molecule has 0 spiro atoms. The first-order chi connectivity index (χ1) is 7.61. The van der Waals surface area contributed by atoms with Gasteiger partial charge in [-0.1, -0.05) is 26.0 Å². The van der Waals surface area contributed by atoms with Crippen LogP contribution in [0.4, 0.5) is 4.39 Å². The van der Waals surface area contributed by atoms with E-state index in [1.54, 1.807) is 6.07 Å². The summed E-state index contributed by atoms with van der Waals surface area (Å²) in [4.78, 5) is 0. The van der Waals surface area contributed by atoms with Crippen molar-refractivity contribution >= 4 is 0 Å². The van der Waals surface area contributed by atoms with Gasteiger partial charge in [-0.15, -0.1) is 0 Å². The molecule has 0 aliphatic heterocycles. The van der Waals surface area contributed by atoms with Gasteiger partial charge in [0, 0.05) is 12.6 Å². The average Bonchev–Trinajstić information content (AvgIpc) is 2.24. The molecule has 16 heavy (non-hydrogen) atoms. The van der Waals surface area contributed by atoms with Crippen molar-refractivity contribution in [1.82, 2.24) is 5.32 Å². The molecule has 3 heteroatoms. The van der Waals surface area contributed by atoms with Gasteiger partial charge in [-0.05, 0) is 30.0 Å². The van der Waals surface area contributed by atoms with Gasteiger partial charge in [0.1, 0.15) is 5.82 Å². The first-order valence-electron chi connectivity index (χ1n) is 5.70. The smallest absolute Gasteiger partial charge is 0.123 e. The Labute approximate surface area is 96.5 Å². The van der Waals surface area contributed by atoms with Crippen LogP contribution in [0, 0.1) is 11.7 Å². The molecule has 1 aromatic carbocycles. The summed E-state index contributed by atoms with van der Waals surface area (Å²) in [6, 6.07) is 6.60. The van der Waals surface area contributed by atoms with Crippen LogP contribution in [0.1, 0.15) is 25.8 Å². The summed E-state index contributed by atoms with van der Waals surface area (Å²) in [5.74, 6) is 0.320. The highest BCUT2D eigenvalue weighted by Crippen LogP contribution is 2.07. The predicted molar refractivity (Wildman–Crippen MR) is 63.6 cm³/mol. The largest absolute Gasteiger partial charge is 0.395 e. The maximum Gasteiger partial charge on any atom is 0.123 e. The SMILES string of the molecule is CC(C)CC(CO)NCc1cccc(F)c1. The topological polar surface area (TPSA) is 32.3 Å². The predicted octanol–water partition coefficient (Wildman–Crippen LogP) is 2.32. The minimum Gasteiger partial charge on any atom is -0.395 e. The fraction of sp³-hybridized carbons (Fsp3) is 0.538. The molecule has 1 rings (SSSR count). The van der Waals surface area contributed by atoms with Crippen molar-refractivity contribution in [2.75, 3.05) is 6.61 Å². The molecule has 1 atom stereocenters. The summed E-state index contributed by atoms with van der Waals surface area (Å²) >= 11 is 0. The highest BCUT2D eigenvalue weighted by Gasteiger charge is 2.08. The van der Waals surface area contributed by atoms with Gasteiger partial charge >= 0.3 is 0 Å². The molecule has 2 nitrogen and oxygen atoms in total. The van der Waals surface area contributed by atoms with E-state index < -0.39 is 0 Å². The first-order valence-corrected chi connectivity index (χ1v) is 5.70. The molecule has 1 unspecified atom stereocenters. The molecule has 2 N–H and O–H groups in total. The van der Waals surface area contributed by atoms with Crippen LogP contribution < -0.4 is 5.32 Å². The number of hydrogen-bond donors (Lipinski definition) is 2. The lowest BCUT2D eigenvalue weighted by molar-refractivity contribution is 0.223. The second-order valence-electron chi connectivity index (χ2n) is 4.52. The Balaban J connectivity index is 2.43. The van der Waals surface area contributed by atoms with Gasteiger partial charge in [0.05, 0.1) is 6.61 Å². The van der Waals surface area contributed by atoms with E-state index in [0.717, 1.165) is 12.0 Å². The van der Waals surface area contributed by atoms with Gasteiger partial charge in [-0.25, -0.2) is 4.39 Å². The standard InChI is InChI=1S/C13H20FNO/c1-10(2)6-13(9-16)15-8-11-4-3-5-12(14)7-11/h3-5,7,10,13,15-16H,6,8-9H2,1-2H3. The Kier molecular flexibility index (Phi) is 5.43. The van der Waals surface area contributed by atoms with E-state index in [-0.39, 0.29) is 18.5 Å². The minimum atomic E-state index is -0.219. The van der Waals surface area contributed by atoms with E-state index in [2.05, 4.69) is 19.2 Å². The highest BCUT2D eigenvalue weighted by atomic mass is 19.1. The summed E-state index contributed by atoms with van der Waals surface area (Å²) in [6.45, 7) is 4.95. The molecule has 0 aliphatic carbocycles. The monoisotopic (exact) mass is 225 g/mol. The van der Waals surface area contributed by atoms with Crippen LogP contribution in [-0.4, -0.2) is 17.8 Å². The molecule has 0 amide bonds. The molecular weight excluding hydrogens is 205 g/mol. The van der Waals surface area contributed by atoms with Gasteiger partial charge in [-0.2, -0.15) is 0 Å². The number of aliphatic hydroxyl groups excluding tert-OH is 1. The molecule has 0 bridgehead atoms. The van der Waals surface area contributed by atoms with Crippen LogP contribution in [0.15, 0.2) is 24.3 Å². The molecule has 0 radical (unpaired) electrons. The molecule has 90 valence electrons. The first kappa shape index (κ1) is 13.1. The Morgan fingerprint density at radius 1 is 1.38 bits per heavy atom. The molecular formula is C13H20FNO. The zero-order valence-electron chi connectivity index (χ0n) is 9.91. The molecule has 0 saturated heterocycles.